The van der Waals surface area contributed by atoms with E-state index in [-0.39, 0.29) is 49.3 Å². The summed E-state index contributed by atoms with van der Waals surface area (Å²) in [7, 11) is 4.22. The predicted molar refractivity (Wildman–Crippen MR) is 313 cm³/mol. The molecule has 0 fully saturated rings. The van der Waals surface area contributed by atoms with Crippen molar-refractivity contribution in [2.24, 2.45) is 0 Å². The molecule has 6 aromatic rings. The highest BCUT2D eigenvalue weighted by Crippen LogP contribution is 2.41. The monoisotopic (exact) mass is 1160 g/mol. The van der Waals surface area contributed by atoms with Crippen LogP contribution in [0.5, 0.6) is 0 Å². The number of nitrogens with zero attached hydrogens (tertiary/aromatic N) is 4. The molecule has 20 heteroatoms. The van der Waals surface area contributed by atoms with Crippen molar-refractivity contribution in [3.05, 3.63) is 163 Å². The molecule has 8 rings (SSSR count). The van der Waals surface area contributed by atoms with E-state index in [2.05, 4.69) is 116 Å². The topological polar surface area (TPSA) is 161 Å². The Balaban J connectivity index is 0.00000882. The zero-order valence-electron chi connectivity index (χ0n) is 43.8. The van der Waals surface area contributed by atoms with Gasteiger partial charge in [0, 0.05) is 108 Å². The summed E-state index contributed by atoms with van der Waals surface area (Å²) in [5, 5.41) is 14.7. The summed E-state index contributed by atoms with van der Waals surface area (Å²) in [6.07, 6.45) is 3.74. The Morgan fingerprint density at radius 1 is 0.513 bits per heavy atom. The molecule has 4 N–H and O–H groups in total. The molecule has 2 amide bonds. The normalized spacial score (nSPS) is 15.2. The van der Waals surface area contributed by atoms with Gasteiger partial charge in [0.05, 0.1) is 52.9 Å². The molecule has 0 unspecified atom stereocenters. The Hall–Kier alpha value is -5.11. The number of anilines is 2. The van der Waals surface area contributed by atoms with Gasteiger partial charge in [0.1, 0.15) is 24.8 Å². The number of ether oxygens (including phenoxy) is 5. The van der Waals surface area contributed by atoms with Crippen LogP contribution in [0.2, 0.25) is 20.1 Å². The molecule has 0 saturated carbocycles. The van der Waals surface area contributed by atoms with E-state index in [1.54, 1.807) is 0 Å². The Kier molecular flexibility index (Phi) is 24.1. The molecule has 0 spiro atoms. The van der Waals surface area contributed by atoms with Crippen molar-refractivity contribution >= 4 is 82.3 Å². The standard InChI is InChI=1S/C58H66Cl4N8O7.ClH/c1-69-33-49(47-27-45(59)29-53(61)51(47)35-69)41-7-3-5-39(25-41)43-9-11-55(67-31-43)63-13-17-73-21-23-75-19-15-65-57(71)37-77-38-58(72)66-16-20-76-24-22-74-18-14-64-56-12-10-44(32-68-56)40-6-4-8-42(26-40)50-34-70(2)36-52-48(50)28-46(60)30-54(52)62;/h3-12,25-32,49-50H,13-24,33-38H2,1-2H3,(H,63,67)(H,64,68)(H,65,71)(H,66,72);1H/t49-,50-;/m0./s1. The van der Waals surface area contributed by atoms with Gasteiger partial charge in [-0.05, 0) is 107 Å². The van der Waals surface area contributed by atoms with E-state index < -0.39 is 0 Å². The SMILES string of the molecule is CN1Cc2c(Cl)cc(Cl)cc2[C@H](c2cccc(-c3ccc(NCCOCCOCCNC(=O)COCC(=O)NCCOCCOCCNc4ccc(-c5cccc([C@@H]6CN(C)Cc7c(Cl)cc(Cl)cc76)c5)cn4)nc3)c2)C1.Cl. The van der Waals surface area contributed by atoms with Crippen LogP contribution in [0.25, 0.3) is 22.3 Å². The molecule has 0 radical (unpaired) electrons. The Bertz CT molecular complexity index is 2700. The summed E-state index contributed by atoms with van der Waals surface area (Å²) in [4.78, 5) is 38.1. The fourth-order valence-electron chi connectivity index (χ4n) is 9.48. The molecular formula is C58H67Cl5N8O7. The maximum absolute atomic E-state index is 12.1. The lowest BCUT2D eigenvalue weighted by Crippen LogP contribution is -2.34. The highest BCUT2D eigenvalue weighted by molar-refractivity contribution is 6.35. The van der Waals surface area contributed by atoms with Crippen LogP contribution in [-0.4, -0.2) is 151 Å². The molecule has 4 heterocycles. The number of hydrogen-bond acceptors (Lipinski definition) is 13. The van der Waals surface area contributed by atoms with Gasteiger partial charge < -0.3 is 54.8 Å². The number of nitrogens with one attached hydrogen (secondary N) is 4. The van der Waals surface area contributed by atoms with Crippen LogP contribution in [-0.2, 0) is 46.4 Å². The molecule has 2 aromatic heterocycles. The first-order valence-electron chi connectivity index (χ1n) is 25.8. The number of carbonyl (C=O) groups excluding carboxylic acids is 2. The summed E-state index contributed by atoms with van der Waals surface area (Å²) in [6, 6.07) is 32.9. The van der Waals surface area contributed by atoms with Crippen molar-refractivity contribution in [1.29, 1.82) is 0 Å². The molecular weight excluding hydrogens is 1100 g/mol. The fraction of sp³-hybridized carbons (Fsp3) is 0.379. The number of aromatic nitrogens is 2. The fourth-order valence-corrected chi connectivity index (χ4v) is 10.6. The summed E-state index contributed by atoms with van der Waals surface area (Å²) in [5.41, 5.74) is 11.3. The van der Waals surface area contributed by atoms with E-state index in [0.29, 0.717) is 99.1 Å². The quantitative estimate of drug-likeness (QED) is 0.0344. The molecule has 4 aromatic carbocycles. The minimum atomic E-state index is -0.340. The lowest BCUT2D eigenvalue weighted by Gasteiger charge is -2.33. The summed E-state index contributed by atoms with van der Waals surface area (Å²) >= 11 is 26.0. The van der Waals surface area contributed by atoms with Gasteiger partial charge in [0.2, 0.25) is 11.8 Å². The van der Waals surface area contributed by atoms with Crippen molar-refractivity contribution < 1.29 is 33.3 Å². The van der Waals surface area contributed by atoms with Crippen LogP contribution < -0.4 is 21.3 Å². The number of carbonyl (C=O) groups is 2. The summed E-state index contributed by atoms with van der Waals surface area (Å²) in [6.45, 7) is 7.78. The summed E-state index contributed by atoms with van der Waals surface area (Å²) in [5.74, 6) is 1.14. The Morgan fingerprint density at radius 2 is 0.923 bits per heavy atom. The number of hydrogen-bond donors (Lipinski definition) is 4. The van der Waals surface area contributed by atoms with Gasteiger partial charge in [-0.25, -0.2) is 9.97 Å². The zero-order chi connectivity index (χ0) is 53.9. The number of amides is 2. The van der Waals surface area contributed by atoms with E-state index in [1.165, 1.54) is 22.3 Å². The molecule has 15 nitrogen and oxygen atoms in total. The third kappa shape index (κ3) is 18.0. The molecule has 2 atom stereocenters. The molecule has 2 aliphatic rings. The van der Waals surface area contributed by atoms with Crippen LogP contribution in [0.15, 0.2) is 109 Å². The van der Waals surface area contributed by atoms with Gasteiger partial charge >= 0.3 is 0 Å². The number of pyridine rings is 2. The number of likely N-dealkylation sites (N-methyl/N-ethyl adjacent to an activating group) is 2. The third-order valence-electron chi connectivity index (χ3n) is 13.2. The van der Waals surface area contributed by atoms with Crippen molar-refractivity contribution in [2.75, 3.05) is 130 Å². The minimum absolute atomic E-state index is 0. The second-order valence-electron chi connectivity index (χ2n) is 19.0. The average molecular weight is 1170 g/mol. The molecule has 78 heavy (non-hydrogen) atoms. The smallest absolute Gasteiger partial charge is 0.246 e. The first-order chi connectivity index (χ1) is 37.5. The van der Waals surface area contributed by atoms with Crippen molar-refractivity contribution in [3.8, 4) is 22.3 Å². The van der Waals surface area contributed by atoms with Crippen LogP contribution in [0, 0.1) is 0 Å². The first kappa shape index (κ1) is 60.5. The van der Waals surface area contributed by atoms with E-state index in [0.717, 1.165) is 71.2 Å². The zero-order valence-corrected chi connectivity index (χ0v) is 47.7. The van der Waals surface area contributed by atoms with Crippen molar-refractivity contribution in [3.63, 3.8) is 0 Å². The van der Waals surface area contributed by atoms with Crippen LogP contribution in [0.3, 0.4) is 0 Å². The number of benzene rings is 4. The lowest BCUT2D eigenvalue weighted by molar-refractivity contribution is -0.131. The van der Waals surface area contributed by atoms with Gasteiger partial charge in [0.15, 0.2) is 0 Å². The second kappa shape index (κ2) is 31.0. The third-order valence-corrected chi connectivity index (χ3v) is 14.3. The Morgan fingerprint density at radius 3 is 1.32 bits per heavy atom. The van der Waals surface area contributed by atoms with Crippen LogP contribution >= 0.6 is 58.8 Å². The van der Waals surface area contributed by atoms with E-state index >= 15 is 0 Å². The molecule has 0 aliphatic carbocycles. The largest absolute Gasteiger partial charge is 0.377 e. The van der Waals surface area contributed by atoms with Gasteiger partial charge in [-0.1, -0.05) is 94.9 Å². The van der Waals surface area contributed by atoms with Crippen LogP contribution in [0.4, 0.5) is 11.6 Å². The van der Waals surface area contributed by atoms with Crippen molar-refractivity contribution in [2.45, 2.75) is 24.9 Å². The molecule has 416 valence electrons. The predicted octanol–water partition coefficient (Wildman–Crippen LogP) is 9.84. The molecule has 0 bridgehead atoms. The molecule has 0 saturated heterocycles. The van der Waals surface area contributed by atoms with E-state index in [1.807, 2.05) is 48.8 Å². The average Bonchev–Trinajstić information content (AvgIpc) is 3.47. The van der Waals surface area contributed by atoms with Crippen LogP contribution in [0.1, 0.15) is 45.2 Å². The van der Waals surface area contributed by atoms with Gasteiger partial charge in [0.25, 0.3) is 0 Å². The highest BCUT2D eigenvalue weighted by atomic mass is 35.5. The van der Waals surface area contributed by atoms with Crippen molar-refractivity contribution in [1.82, 2.24) is 30.4 Å². The second-order valence-corrected chi connectivity index (χ2v) is 20.7. The molecule has 2 aliphatic heterocycles. The Labute approximate surface area is 483 Å². The minimum Gasteiger partial charge on any atom is -0.377 e. The number of fused-ring (bicyclic) bond motifs is 2. The lowest BCUT2D eigenvalue weighted by atomic mass is 9.84. The summed E-state index contributed by atoms with van der Waals surface area (Å²) < 4.78 is 27.7. The van der Waals surface area contributed by atoms with Gasteiger partial charge in [-0.3, -0.25) is 9.59 Å². The van der Waals surface area contributed by atoms with E-state index in [4.69, 9.17) is 70.1 Å². The van der Waals surface area contributed by atoms with E-state index in [9.17, 15) is 9.59 Å². The van der Waals surface area contributed by atoms with Gasteiger partial charge in [-0.2, -0.15) is 0 Å². The first-order valence-corrected chi connectivity index (χ1v) is 27.3. The highest BCUT2D eigenvalue weighted by Gasteiger charge is 2.29. The maximum atomic E-state index is 12.1. The maximum Gasteiger partial charge on any atom is 0.246 e. The van der Waals surface area contributed by atoms with Gasteiger partial charge in [-0.15, -0.1) is 12.4 Å². The number of rotatable bonds is 28. The number of halogens is 5.